The zero-order chi connectivity index (χ0) is 24.6. The highest BCUT2D eigenvalue weighted by Gasteiger charge is 2.52. The number of carboxylic acids is 1. The Labute approximate surface area is 208 Å². The van der Waals surface area contributed by atoms with Crippen LogP contribution in [0.3, 0.4) is 0 Å². The Kier molecular flexibility index (Phi) is 6.73. The molecule has 0 radical (unpaired) electrons. The van der Waals surface area contributed by atoms with Crippen molar-refractivity contribution >= 4 is 17.6 Å². The van der Waals surface area contributed by atoms with Crippen LogP contribution in [0, 0.1) is 17.8 Å². The molecule has 0 unspecified atom stereocenters. The van der Waals surface area contributed by atoms with Crippen LogP contribution in [0.15, 0.2) is 42.5 Å². The smallest absolute Gasteiger partial charge is 0.335 e. The van der Waals surface area contributed by atoms with Gasteiger partial charge in [0.1, 0.15) is 5.75 Å². The van der Waals surface area contributed by atoms with Crippen molar-refractivity contribution in [3.8, 4) is 5.75 Å². The SMILES string of the molecule is COc1ccc(C=C(CC(OC)OC)c2ccc(C(=O)O)cc2)cc1C12CC3CC(CC(C3)C1)C2. The van der Waals surface area contributed by atoms with Gasteiger partial charge in [-0.1, -0.05) is 24.3 Å². The van der Waals surface area contributed by atoms with Gasteiger partial charge < -0.3 is 19.3 Å². The Morgan fingerprint density at radius 3 is 2.03 bits per heavy atom. The van der Waals surface area contributed by atoms with Crippen LogP contribution < -0.4 is 4.74 Å². The molecule has 4 aliphatic carbocycles. The third kappa shape index (κ3) is 4.76. The summed E-state index contributed by atoms with van der Waals surface area (Å²) in [6, 6.07) is 13.6. The fourth-order valence-corrected chi connectivity index (χ4v) is 7.40. The maximum absolute atomic E-state index is 11.3. The van der Waals surface area contributed by atoms with E-state index in [-0.39, 0.29) is 17.3 Å². The summed E-state index contributed by atoms with van der Waals surface area (Å²) in [6.45, 7) is 0. The third-order valence-electron chi connectivity index (χ3n) is 8.59. The van der Waals surface area contributed by atoms with Crippen molar-refractivity contribution in [2.45, 2.75) is 56.7 Å². The first-order valence-corrected chi connectivity index (χ1v) is 12.7. The predicted octanol–water partition coefficient (Wildman–Crippen LogP) is 6.41. The van der Waals surface area contributed by atoms with E-state index >= 15 is 0 Å². The molecule has 0 spiro atoms. The molecule has 4 fully saturated rings. The summed E-state index contributed by atoms with van der Waals surface area (Å²) in [4.78, 5) is 11.3. The summed E-state index contributed by atoms with van der Waals surface area (Å²) in [5.41, 5.74) is 4.99. The van der Waals surface area contributed by atoms with Gasteiger partial charge in [0.2, 0.25) is 0 Å². The minimum atomic E-state index is -0.927. The van der Waals surface area contributed by atoms with E-state index < -0.39 is 5.97 Å². The molecule has 0 atom stereocenters. The minimum Gasteiger partial charge on any atom is -0.496 e. The standard InChI is InChI=1S/C30H36O5/c1-33-27-9-4-19(14-26(27)30-16-20-10-21(17-30)12-22(11-20)18-30)13-25(15-28(34-2)35-3)23-5-7-24(8-6-23)29(31)32/h4-9,13-14,20-22,28H,10-12,15-18H2,1-3H3,(H,31,32). The zero-order valence-corrected chi connectivity index (χ0v) is 21.0. The molecule has 1 N–H and O–H groups in total. The number of aromatic carboxylic acids is 1. The summed E-state index contributed by atoms with van der Waals surface area (Å²) in [5.74, 6) is 2.65. The number of rotatable bonds is 9. The summed E-state index contributed by atoms with van der Waals surface area (Å²) >= 11 is 0. The summed E-state index contributed by atoms with van der Waals surface area (Å²) < 4.78 is 16.9. The minimum absolute atomic E-state index is 0.231. The molecule has 2 aromatic rings. The van der Waals surface area contributed by atoms with E-state index in [1.165, 1.54) is 44.1 Å². The molecule has 5 nitrogen and oxygen atoms in total. The van der Waals surface area contributed by atoms with Crippen molar-refractivity contribution in [1.29, 1.82) is 0 Å². The lowest BCUT2D eigenvalue weighted by atomic mass is 9.48. The van der Waals surface area contributed by atoms with Crippen molar-refractivity contribution < 1.29 is 24.1 Å². The lowest BCUT2D eigenvalue weighted by Gasteiger charge is -2.57. The Morgan fingerprint density at radius 2 is 1.51 bits per heavy atom. The molecule has 0 saturated heterocycles. The third-order valence-corrected chi connectivity index (χ3v) is 8.59. The van der Waals surface area contributed by atoms with Gasteiger partial charge in [-0.3, -0.25) is 0 Å². The number of methoxy groups -OCH3 is 3. The van der Waals surface area contributed by atoms with Crippen LogP contribution in [-0.4, -0.2) is 38.7 Å². The van der Waals surface area contributed by atoms with Gasteiger partial charge in [0.25, 0.3) is 0 Å². The Morgan fingerprint density at radius 1 is 0.943 bits per heavy atom. The molecule has 186 valence electrons. The van der Waals surface area contributed by atoms with Crippen LogP contribution in [0.4, 0.5) is 0 Å². The topological polar surface area (TPSA) is 65.0 Å². The second kappa shape index (κ2) is 9.79. The summed E-state index contributed by atoms with van der Waals surface area (Å²) in [5, 5.41) is 9.30. The number of hydrogen-bond donors (Lipinski definition) is 1. The molecular formula is C30H36O5. The highest BCUT2D eigenvalue weighted by Crippen LogP contribution is 2.62. The van der Waals surface area contributed by atoms with E-state index in [1.54, 1.807) is 33.5 Å². The quantitative estimate of drug-likeness (QED) is 0.335. The maximum atomic E-state index is 11.3. The zero-order valence-electron chi connectivity index (χ0n) is 21.0. The Bertz CT molecular complexity index is 1060. The summed E-state index contributed by atoms with van der Waals surface area (Å²) in [6.07, 6.45) is 10.4. The van der Waals surface area contributed by atoms with Crippen LogP contribution in [0.5, 0.6) is 5.75 Å². The molecule has 0 aromatic heterocycles. The highest BCUT2D eigenvalue weighted by molar-refractivity contribution is 5.89. The molecule has 4 aliphatic rings. The van der Waals surface area contributed by atoms with Gasteiger partial charge in [-0.25, -0.2) is 4.79 Å². The Balaban J connectivity index is 1.54. The summed E-state index contributed by atoms with van der Waals surface area (Å²) in [7, 11) is 5.06. The lowest BCUT2D eigenvalue weighted by Crippen LogP contribution is -2.48. The van der Waals surface area contributed by atoms with Crippen LogP contribution in [0.25, 0.3) is 11.6 Å². The molecule has 0 heterocycles. The van der Waals surface area contributed by atoms with E-state index in [2.05, 4.69) is 24.3 Å². The predicted molar refractivity (Wildman–Crippen MR) is 137 cm³/mol. The molecule has 0 aliphatic heterocycles. The van der Waals surface area contributed by atoms with Gasteiger partial charge in [0.15, 0.2) is 6.29 Å². The van der Waals surface area contributed by atoms with Crippen molar-refractivity contribution in [1.82, 2.24) is 0 Å². The molecule has 2 aromatic carbocycles. The second-order valence-electron chi connectivity index (χ2n) is 10.8. The van der Waals surface area contributed by atoms with Crippen molar-refractivity contribution in [2.24, 2.45) is 17.8 Å². The largest absolute Gasteiger partial charge is 0.496 e. The maximum Gasteiger partial charge on any atom is 0.335 e. The van der Waals surface area contributed by atoms with Gasteiger partial charge in [-0.2, -0.15) is 0 Å². The number of carbonyl (C=O) groups is 1. The normalized spacial score (nSPS) is 27.4. The van der Waals surface area contributed by atoms with Crippen LogP contribution in [-0.2, 0) is 14.9 Å². The molecule has 0 amide bonds. The van der Waals surface area contributed by atoms with Crippen LogP contribution in [0.1, 0.15) is 72.0 Å². The first-order chi connectivity index (χ1) is 16.9. The fourth-order valence-electron chi connectivity index (χ4n) is 7.40. The average Bonchev–Trinajstić information content (AvgIpc) is 2.85. The first-order valence-electron chi connectivity index (χ1n) is 12.7. The average molecular weight is 477 g/mol. The van der Waals surface area contributed by atoms with Gasteiger partial charge in [-0.05, 0) is 103 Å². The second-order valence-corrected chi connectivity index (χ2v) is 10.8. The monoisotopic (exact) mass is 476 g/mol. The molecule has 5 heteroatoms. The van der Waals surface area contributed by atoms with Gasteiger partial charge in [0.05, 0.1) is 12.7 Å². The van der Waals surface area contributed by atoms with E-state index in [0.717, 1.165) is 40.2 Å². The van der Waals surface area contributed by atoms with Gasteiger partial charge in [-0.15, -0.1) is 0 Å². The molecule has 4 bridgehead atoms. The van der Waals surface area contributed by atoms with Crippen molar-refractivity contribution in [3.63, 3.8) is 0 Å². The molecule has 4 saturated carbocycles. The van der Waals surface area contributed by atoms with E-state index in [4.69, 9.17) is 14.2 Å². The van der Waals surface area contributed by atoms with Crippen molar-refractivity contribution in [3.05, 3.63) is 64.7 Å². The number of carboxylic acid groups (broad SMARTS) is 1. The highest BCUT2D eigenvalue weighted by atomic mass is 16.7. The molecule has 6 rings (SSSR count). The van der Waals surface area contributed by atoms with E-state index in [1.807, 2.05) is 12.1 Å². The van der Waals surface area contributed by atoms with Crippen LogP contribution in [0.2, 0.25) is 0 Å². The van der Waals surface area contributed by atoms with E-state index in [9.17, 15) is 9.90 Å². The number of hydrogen-bond acceptors (Lipinski definition) is 4. The van der Waals surface area contributed by atoms with Crippen molar-refractivity contribution in [2.75, 3.05) is 21.3 Å². The van der Waals surface area contributed by atoms with E-state index in [0.29, 0.717) is 6.42 Å². The van der Waals surface area contributed by atoms with Crippen LogP contribution >= 0.6 is 0 Å². The fraction of sp³-hybridized carbons (Fsp3) is 0.500. The molecule has 35 heavy (non-hydrogen) atoms. The first kappa shape index (κ1) is 24.1. The number of benzene rings is 2. The van der Waals surface area contributed by atoms with Gasteiger partial charge in [0, 0.05) is 26.2 Å². The van der Waals surface area contributed by atoms with Gasteiger partial charge >= 0.3 is 5.97 Å². The lowest BCUT2D eigenvalue weighted by molar-refractivity contribution is -0.0970. The Hall–Kier alpha value is -2.63. The number of ether oxygens (including phenoxy) is 3. The molecular weight excluding hydrogens is 440 g/mol.